The summed E-state index contributed by atoms with van der Waals surface area (Å²) in [5.74, 6) is -0.0467. The molecule has 6 nitrogen and oxygen atoms in total. The van der Waals surface area contributed by atoms with Crippen molar-refractivity contribution in [2.75, 3.05) is 44.4 Å². The highest BCUT2D eigenvalue weighted by atomic mass is 32.2. The predicted octanol–water partition coefficient (Wildman–Crippen LogP) is 0.502. The summed E-state index contributed by atoms with van der Waals surface area (Å²) in [5, 5.41) is 3.04. The van der Waals surface area contributed by atoms with Crippen molar-refractivity contribution in [2.45, 2.75) is 5.75 Å². The van der Waals surface area contributed by atoms with Crippen LogP contribution in [-0.4, -0.2) is 58.3 Å². The van der Waals surface area contributed by atoms with Gasteiger partial charge in [0.25, 0.3) is 0 Å². The Kier molecular flexibility index (Phi) is 5.19. The second-order valence-electron chi connectivity index (χ2n) is 5.07. The lowest BCUT2D eigenvalue weighted by Gasteiger charge is -2.27. The molecule has 1 aromatic rings. The molecule has 0 aliphatic carbocycles. The minimum absolute atomic E-state index is 0.00698. The maximum absolute atomic E-state index is 12.1. The van der Waals surface area contributed by atoms with Crippen LogP contribution in [0.15, 0.2) is 24.3 Å². The molecule has 7 heteroatoms. The number of hydrogen-bond acceptors (Lipinski definition) is 5. The molecule has 0 aromatic heterocycles. The standard InChI is InChI=1S/C14H20N2O4S/c1-21(18,19)11-12-4-2-3-5-13(12)15-10-14(17)16-6-8-20-9-7-16/h2-5,15H,6-11H2,1H3. The largest absolute Gasteiger partial charge is 0.378 e. The Balaban J connectivity index is 1.98. The van der Waals surface area contributed by atoms with Crippen molar-refractivity contribution in [2.24, 2.45) is 0 Å². The van der Waals surface area contributed by atoms with Gasteiger partial charge in [-0.25, -0.2) is 8.42 Å². The molecule has 1 aliphatic heterocycles. The maximum atomic E-state index is 12.1. The molecular formula is C14H20N2O4S. The van der Waals surface area contributed by atoms with Crippen molar-refractivity contribution >= 4 is 21.4 Å². The lowest BCUT2D eigenvalue weighted by atomic mass is 10.2. The first-order valence-electron chi connectivity index (χ1n) is 6.81. The molecule has 0 spiro atoms. The summed E-state index contributed by atoms with van der Waals surface area (Å²) in [6.45, 7) is 2.49. The minimum atomic E-state index is -3.11. The lowest BCUT2D eigenvalue weighted by Crippen LogP contribution is -2.43. The number of hydrogen-bond donors (Lipinski definition) is 1. The van der Waals surface area contributed by atoms with Crippen LogP contribution in [-0.2, 0) is 25.1 Å². The van der Waals surface area contributed by atoms with E-state index in [0.29, 0.717) is 37.6 Å². The second kappa shape index (κ2) is 6.91. The van der Waals surface area contributed by atoms with Gasteiger partial charge >= 0.3 is 0 Å². The van der Waals surface area contributed by atoms with Gasteiger partial charge in [0.15, 0.2) is 9.84 Å². The molecule has 1 saturated heterocycles. The number of nitrogens with one attached hydrogen (secondary N) is 1. The zero-order valence-corrected chi connectivity index (χ0v) is 12.9. The monoisotopic (exact) mass is 312 g/mol. The zero-order chi connectivity index (χ0) is 15.3. The van der Waals surface area contributed by atoms with Crippen LogP contribution in [0.1, 0.15) is 5.56 Å². The van der Waals surface area contributed by atoms with Crippen LogP contribution in [0.2, 0.25) is 0 Å². The Morgan fingerprint density at radius 1 is 1.29 bits per heavy atom. The number of amides is 1. The third kappa shape index (κ3) is 5.02. The summed E-state index contributed by atoms with van der Waals surface area (Å²) in [6, 6.07) is 7.14. The van der Waals surface area contributed by atoms with Crippen molar-refractivity contribution in [3.05, 3.63) is 29.8 Å². The number of sulfone groups is 1. The van der Waals surface area contributed by atoms with Crippen LogP contribution >= 0.6 is 0 Å². The van der Waals surface area contributed by atoms with Crippen LogP contribution in [0, 0.1) is 0 Å². The summed E-state index contributed by atoms with van der Waals surface area (Å²) >= 11 is 0. The Hall–Kier alpha value is -1.60. The van der Waals surface area contributed by atoms with Crippen LogP contribution in [0.3, 0.4) is 0 Å². The third-order valence-electron chi connectivity index (χ3n) is 3.23. The summed E-state index contributed by atoms with van der Waals surface area (Å²) in [7, 11) is -3.11. The molecule has 116 valence electrons. The quantitative estimate of drug-likeness (QED) is 0.857. The fraction of sp³-hybridized carbons (Fsp3) is 0.500. The topological polar surface area (TPSA) is 75.7 Å². The zero-order valence-electron chi connectivity index (χ0n) is 12.0. The predicted molar refractivity (Wildman–Crippen MR) is 80.9 cm³/mol. The normalized spacial score (nSPS) is 15.8. The fourth-order valence-corrected chi connectivity index (χ4v) is 3.01. The summed E-state index contributed by atoms with van der Waals surface area (Å²) in [5.41, 5.74) is 1.36. The molecular weight excluding hydrogens is 292 g/mol. The van der Waals surface area contributed by atoms with Crippen LogP contribution < -0.4 is 5.32 Å². The van der Waals surface area contributed by atoms with E-state index in [-0.39, 0.29) is 18.2 Å². The van der Waals surface area contributed by atoms with Gasteiger partial charge in [0.1, 0.15) is 0 Å². The third-order valence-corrected chi connectivity index (χ3v) is 4.06. The van der Waals surface area contributed by atoms with Gasteiger partial charge in [-0.2, -0.15) is 0 Å². The SMILES string of the molecule is CS(=O)(=O)Cc1ccccc1NCC(=O)N1CCOCC1. The van der Waals surface area contributed by atoms with E-state index in [2.05, 4.69) is 5.32 Å². The van der Waals surface area contributed by atoms with Gasteiger partial charge in [0.05, 0.1) is 25.5 Å². The highest BCUT2D eigenvalue weighted by Gasteiger charge is 2.17. The number of nitrogens with zero attached hydrogens (tertiary/aromatic N) is 1. The van der Waals surface area contributed by atoms with Gasteiger partial charge in [0.2, 0.25) is 5.91 Å². The highest BCUT2D eigenvalue weighted by Crippen LogP contribution is 2.17. The van der Waals surface area contributed by atoms with Gasteiger partial charge in [-0.1, -0.05) is 18.2 Å². The first-order chi connectivity index (χ1) is 9.96. The van der Waals surface area contributed by atoms with E-state index < -0.39 is 9.84 Å². The van der Waals surface area contributed by atoms with Gasteiger partial charge < -0.3 is 15.0 Å². The number of rotatable bonds is 5. The fourth-order valence-electron chi connectivity index (χ4n) is 2.20. The molecule has 0 radical (unpaired) electrons. The molecule has 1 N–H and O–H groups in total. The number of carbonyl (C=O) groups excluding carboxylic acids is 1. The number of ether oxygens (including phenoxy) is 1. The maximum Gasteiger partial charge on any atom is 0.242 e. The Labute approximate surface area is 125 Å². The van der Waals surface area contributed by atoms with E-state index in [0.717, 1.165) is 0 Å². The number of para-hydroxylation sites is 1. The average Bonchev–Trinajstić information content (AvgIpc) is 2.45. The van der Waals surface area contributed by atoms with Crippen molar-refractivity contribution in [1.82, 2.24) is 4.90 Å². The molecule has 0 saturated carbocycles. The Bertz CT molecular complexity index is 595. The molecule has 21 heavy (non-hydrogen) atoms. The van der Waals surface area contributed by atoms with E-state index in [4.69, 9.17) is 4.74 Å². The van der Waals surface area contributed by atoms with Crippen LogP contribution in [0.5, 0.6) is 0 Å². The molecule has 0 bridgehead atoms. The van der Waals surface area contributed by atoms with Crippen molar-refractivity contribution in [3.63, 3.8) is 0 Å². The number of benzene rings is 1. The first-order valence-corrected chi connectivity index (χ1v) is 8.87. The number of morpholine rings is 1. The minimum Gasteiger partial charge on any atom is -0.378 e. The Morgan fingerprint density at radius 2 is 1.95 bits per heavy atom. The number of carbonyl (C=O) groups is 1. The van der Waals surface area contributed by atoms with E-state index in [9.17, 15) is 13.2 Å². The van der Waals surface area contributed by atoms with Gasteiger partial charge in [0, 0.05) is 25.0 Å². The molecule has 0 atom stereocenters. The lowest BCUT2D eigenvalue weighted by molar-refractivity contribution is -0.133. The van der Waals surface area contributed by atoms with E-state index in [1.807, 2.05) is 6.07 Å². The summed E-state index contributed by atoms with van der Waals surface area (Å²) < 4.78 is 28.0. The molecule has 1 fully saturated rings. The average molecular weight is 312 g/mol. The summed E-state index contributed by atoms with van der Waals surface area (Å²) in [4.78, 5) is 13.8. The first kappa shape index (κ1) is 15.8. The van der Waals surface area contributed by atoms with Gasteiger partial charge in [-0.15, -0.1) is 0 Å². The van der Waals surface area contributed by atoms with Crippen LogP contribution in [0.4, 0.5) is 5.69 Å². The van der Waals surface area contributed by atoms with E-state index >= 15 is 0 Å². The van der Waals surface area contributed by atoms with Crippen molar-refractivity contribution < 1.29 is 17.9 Å². The van der Waals surface area contributed by atoms with Gasteiger partial charge in [-0.3, -0.25) is 4.79 Å². The molecule has 1 aromatic carbocycles. The molecule has 1 heterocycles. The smallest absolute Gasteiger partial charge is 0.242 e. The van der Waals surface area contributed by atoms with Gasteiger partial charge in [-0.05, 0) is 11.6 Å². The molecule has 1 aliphatic rings. The van der Waals surface area contributed by atoms with Crippen molar-refractivity contribution in [1.29, 1.82) is 0 Å². The Morgan fingerprint density at radius 3 is 2.62 bits per heavy atom. The van der Waals surface area contributed by atoms with E-state index in [1.54, 1.807) is 23.1 Å². The highest BCUT2D eigenvalue weighted by molar-refractivity contribution is 7.89. The second-order valence-corrected chi connectivity index (χ2v) is 7.21. The summed E-state index contributed by atoms with van der Waals surface area (Å²) in [6.07, 6.45) is 1.20. The molecule has 1 amide bonds. The number of anilines is 1. The van der Waals surface area contributed by atoms with E-state index in [1.165, 1.54) is 6.26 Å². The van der Waals surface area contributed by atoms with Crippen molar-refractivity contribution in [3.8, 4) is 0 Å². The molecule has 2 rings (SSSR count). The van der Waals surface area contributed by atoms with Crippen LogP contribution in [0.25, 0.3) is 0 Å². The molecule has 0 unspecified atom stereocenters.